The van der Waals surface area contributed by atoms with Gasteiger partial charge in [0.25, 0.3) is 5.89 Å². The average molecular weight is 273 g/mol. The molecule has 2 aromatic rings. The summed E-state index contributed by atoms with van der Waals surface area (Å²) in [4.78, 5) is 4.41. The number of nitrogens with two attached hydrogens (primary N) is 1. The number of hydrogen-bond acceptors (Lipinski definition) is 6. The summed E-state index contributed by atoms with van der Waals surface area (Å²) in [5, 5.41) is 4.00. The van der Waals surface area contributed by atoms with Gasteiger partial charge < -0.3 is 19.7 Å². The van der Waals surface area contributed by atoms with Gasteiger partial charge in [0.2, 0.25) is 0 Å². The van der Waals surface area contributed by atoms with Crippen molar-refractivity contribution in [3.8, 4) is 23.0 Å². The van der Waals surface area contributed by atoms with Crippen LogP contribution < -0.4 is 15.2 Å². The standard InChI is InChI=1S/C14H15N3O3/c15-11(8-4-5-8)13-16-14(20-17-13)9-2-1-3-10-12(9)19-7-6-18-10/h1-3,8,11H,4-7,15H2. The SMILES string of the molecule is NC(c1noc(-c2cccc3c2OCCO3)n1)C1CC1. The van der Waals surface area contributed by atoms with Crippen LogP contribution in [0.1, 0.15) is 24.7 Å². The maximum absolute atomic E-state index is 6.09. The van der Waals surface area contributed by atoms with E-state index in [0.29, 0.717) is 42.3 Å². The van der Waals surface area contributed by atoms with Crippen molar-refractivity contribution in [2.75, 3.05) is 13.2 Å². The molecule has 0 amide bonds. The van der Waals surface area contributed by atoms with Gasteiger partial charge in [-0.1, -0.05) is 11.2 Å². The molecule has 4 rings (SSSR count). The summed E-state index contributed by atoms with van der Waals surface area (Å²) in [7, 11) is 0. The van der Waals surface area contributed by atoms with E-state index in [1.165, 1.54) is 0 Å². The quantitative estimate of drug-likeness (QED) is 0.919. The van der Waals surface area contributed by atoms with Crippen molar-refractivity contribution in [2.45, 2.75) is 18.9 Å². The number of rotatable bonds is 3. The summed E-state index contributed by atoms with van der Waals surface area (Å²) in [6.45, 7) is 1.07. The molecule has 1 aliphatic carbocycles. The zero-order valence-corrected chi connectivity index (χ0v) is 10.9. The van der Waals surface area contributed by atoms with Gasteiger partial charge in [0, 0.05) is 0 Å². The van der Waals surface area contributed by atoms with Gasteiger partial charge in [-0.3, -0.25) is 0 Å². The first-order valence-corrected chi connectivity index (χ1v) is 6.81. The Morgan fingerprint density at radius 2 is 2.05 bits per heavy atom. The first-order chi connectivity index (χ1) is 9.83. The summed E-state index contributed by atoms with van der Waals surface area (Å²) in [5.74, 6) is 2.86. The molecular weight excluding hydrogens is 258 g/mol. The Bertz CT molecular complexity index is 636. The number of nitrogens with zero attached hydrogens (tertiary/aromatic N) is 2. The molecule has 104 valence electrons. The van der Waals surface area contributed by atoms with E-state index in [0.717, 1.165) is 18.4 Å². The topological polar surface area (TPSA) is 83.4 Å². The number of fused-ring (bicyclic) bond motifs is 1. The zero-order valence-electron chi connectivity index (χ0n) is 10.9. The molecule has 1 aromatic carbocycles. The van der Waals surface area contributed by atoms with E-state index < -0.39 is 0 Å². The molecule has 0 spiro atoms. The van der Waals surface area contributed by atoms with E-state index in [1.807, 2.05) is 18.2 Å². The van der Waals surface area contributed by atoms with Gasteiger partial charge in [-0.15, -0.1) is 0 Å². The van der Waals surface area contributed by atoms with Crippen LogP contribution in [-0.2, 0) is 0 Å². The second-order valence-electron chi connectivity index (χ2n) is 5.15. The molecule has 2 aliphatic rings. The van der Waals surface area contributed by atoms with E-state index in [1.54, 1.807) is 0 Å². The Balaban J connectivity index is 1.70. The van der Waals surface area contributed by atoms with Crippen molar-refractivity contribution in [1.82, 2.24) is 10.1 Å². The highest BCUT2D eigenvalue weighted by atomic mass is 16.6. The van der Waals surface area contributed by atoms with Gasteiger partial charge in [0.05, 0.1) is 11.6 Å². The lowest BCUT2D eigenvalue weighted by Crippen LogP contribution is -2.16. The molecule has 1 aromatic heterocycles. The maximum Gasteiger partial charge on any atom is 0.261 e. The van der Waals surface area contributed by atoms with Crippen molar-refractivity contribution in [2.24, 2.45) is 11.7 Å². The Morgan fingerprint density at radius 3 is 2.90 bits per heavy atom. The summed E-state index contributed by atoms with van der Waals surface area (Å²) in [6.07, 6.45) is 2.28. The highest BCUT2D eigenvalue weighted by Crippen LogP contribution is 2.41. The fourth-order valence-corrected chi connectivity index (χ4v) is 2.39. The van der Waals surface area contributed by atoms with Crippen molar-refractivity contribution in [3.05, 3.63) is 24.0 Å². The lowest BCUT2D eigenvalue weighted by atomic mass is 10.1. The second-order valence-corrected chi connectivity index (χ2v) is 5.15. The fraction of sp³-hybridized carbons (Fsp3) is 0.429. The molecule has 1 fully saturated rings. The van der Waals surface area contributed by atoms with Crippen molar-refractivity contribution in [3.63, 3.8) is 0 Å². The van der Waals surface area contributed by atoms with Gasteiger partial charge in [-0.2, -0.15) is 4.98 Å². The van der Waals surface area contributed by atoms with Gasteiger partial charge in [0.1, 0.15) is 13.2 Å². The summed E-state index contributed by atoms with van der Waals surface area (Å²) in [6, 6.07) is 5.50. The van der Waals surface area contributed by atoms with Crippen LogP contribution in [0, 0.1) is 5.92 Å². The summed E-state index contributed by atoms with van der Waals surface area (Å²) >= 11 is 0. The highest BCUT2D eigenvalue weighted by Gasteiger charge is 2.33. The number of hydrogen-bond donors (Lipinski definition) is 1. The predicted octanol–water partition coefficient (Wildman–Crippen LogP) is 1.92. The highest BCUT2D eigenvalue weighted by molar-refractivity contribution is 5.67. The van der Waals surface area contributed by atoms with Gasteiger partial charge in [0.15, 0.2) is 17.3 Å². The van der Waals surface area contributed by atoms with E-state index >= 15 is 0 Å². The minimum atomic E-state index is -0.135. The molecule has 0 saturated heterocycles. The molecule has 2 N–H and O–H groups in total. The smallest absolute Gasteiger partial charge is 0.261 e. The molecule has 1 unspecified atom stereocenters. The molecule has 1 atom stereocenters. The number of aromatic nitrogens is 2. The van der Waals surface area contributed by atoms with Crippen LogP contribution in [0.15, 0.2) is 22.7 Å². The van der Waals surface area contributed by atoms with E-state index in [2.05, 4.69) is 10.1 Å². The lowest BCUT2D eigenvalue weighted by Gasteiger charge is -2.19. The molecule has 1 saturated carbocycles. The Kier molecular flexibility index (Phi) is 2.63. The van der Waals surface area contributed by atoms with Gasteiger partial charge in [-0.05, 0) is 30.9 Å². The van der Waals surface area contributed by atoms with E-state index in [4.69, 9.17) is 19.7 Å². The molecule has 0 bridgehead atoms. The van der Waals surface area contributed by atoms with Crippen molar-refractivity contribution >= 4 is 0 Å². The molecule has 20 heavy (non-hydrogen) atoms. The minimum absolute atomic E-state index is 0.135. The second kappa shape index (κ2) is 4.49. The number of benzene rings is 1. The number of ether oxygens (including phenoxy) is 2. The first kappa shape index (κ1) is 11.7. The average Bonchev–Trinajstić information content (AvgIpc) is 3.23. The van der Waals surface area contributed by atoms with E-state index in [9.17, 15) is 0 Å². The molecule has 1 aliphatic heterocycles. The van der Waals surface area contributed by atoms with E-state index in [-0.39, 0.29) is 6.04 Å². The van der Waals surface area contributed by atoms with Gasteiger partial charge >= 0.3 is 0 Å². The van der Waals surface area contributed by atoms with Crippen LogP contribution in [0.3, 0.4) is 0 Å². The van der Waals surface area contributed by atoms with Crippen LogP contribution in [-0.4, -0.2) is 23.4 Å². The minimum Gasteiger partial charge on any atom is -0.486 e. The third-order valence-electron chi connectivity index (χ3n) is 3.67. The van der Waals surface area contributed by atoms with Crippen LogP contribution in [0.4, 0.5) is 0 Å². The van der Waals surface area contributed by atoms with Crippen LogP contribution in [0.2, 0.25) is 0 Å². The maximum atomic E-state index is 6.09. The normalized spacial score (nSPS) is 18.9. The predicted molar refractivity (Wildman–Crippen MR) is 70.4 cm³/mol. The fourth-order valence-electron chi connectivity index (χ4n) is 2.39. The lowest BCUT2D eigenvalue weighted by molar-refractivity contribution is 0.172. The van der Waals surface area contributed by atoms with Crippen LogP contribution in [0.5, 0.6) is 11.5 Å². The zero-order chi connectivity index (χ0) is 13.5. The summed E-state index contributed by atoms with van der Waals surface area (Å²) in [5.41, 5.74) is 6.84. The Morgan fingerprint density at radius 1 is 1.20 bits per heavy atom. The molecular formula is C14H15N3O3. The number of para-hydroxylation sites is 1. The Hall–Kier alpha value is -2.08. The molecule has 6 heteroatoms. The van der Waals surface area contributed by atoms with Crippen LogP contribution in [0.25, 0.3) is 11.5 Å². The monoisotopic (exact) mass is 273 g/mol. The Labute approximate surface area is 115 Å². The van der Waals surface area contributed by atoms with Gasteiger partial charge in [-0.25, -0.2) is 0 Å². The molecule has 6 nitrogen and oxygen atoms in total. The summed E-state index contributed by atoms with van der Waals surface area (Å²) < 4.78 is 16.5. The van der Waals surface area contributed by atoms with Crippen molar-refractivity contribution < 1.29 is 14.0 Å². The van der Waals surface area contributed by atoms with Crippen molar-refractivity contribution in [1.29, 1.82) is 0 Å². The largest absolute Gasteiger partial charge is 0.486 e. The first-order valence-electron chi connectivity index (χ1n) is 6.81. The van der Waals surface area contributed by atoms with Crippen LogP contribution >= 0.6 is 0 Å². The molecule has 0 radical (unpaired) electrons. The third-order valence-corrected chi connectivity index (χ3v) is 3.67. The third kappa shape index (κ3) is 1.92. The molecule has 2 heterocycles.